The third-order valence-corrected chi connectivity index (χ3v) is 4.22. The van der Waals surface area contributed by atoms with Gasteiger partial charge >= 0.3 is 5.97 Å². The molecule has 1 fully saturated rings. The van der Waals surface area contributed by atoms with Gasteiger partial charge in [-0.3, -0.25) is 4.79 Å². The maximum Gasteiger partial charge on any atom is 0.326 e. The normalized spacial score (nSPS) is 18.1. The number of benzene rings is 1. The van der Waals surface area contributed by atoms with Crippen LogP contribution in [0.25, 0.3) is 0 Å². The van der Waals surface area contributed by atoms with Gasteiger partial charge in [0.1, 0.15) is 11.8 Å². The number of aliphatic carboxylic acids is 1. The van der Waals surface area contributed by atoms with Gasteiger partial charge in [-0.25, -0.2) is 4.79 Å². The number of carbonyl (C=O) groups excluding carboxylic acids is 1. The molecule has 1 saturated heterocycles. The second kappa shape index (κ2) is 6.58. The number of carboxylic acid groups (broad SMARTS) is 1. The van der Waals surface area contributed by atoms with Crippen LogP contribution in [0, 0.1) is 0 Å². The van der Waals surface area contributed by atoms with Crippen LogP contribution in [0.2, 0.25) is 0 Å². The van der Waals surface area contributed by atoms with E-state index in [1.165, 1.54) is 4.90 Å². The number of halogens is 2. The maximum atomic E-state index is 12.0. The van der Waals surface area contributed by atoms with Crippen molar-refractivity contribution in [3.8, 4) is 5.75 Å². The summed E-state index contributed by atoms with van der Waals surface area (Å²) in [5, 5.41) is 9.05. The van der Waals surface area contributed by atoms with Crippen molar-refractivity contribution in [3.63, 3.8) is 0 Å². The molecule has 1 heterocycles. The molecule has 0 radical (unpaired) electrons. The molecule has 0 bridgehead atoms. The fraction of sp³-hybridized carbons (Fsp3) is 0.385. The van der Waals surface area contributed by atoms with Crippen LogP contribution in [0.5, 0.6) is 5.75 Å². The minimum atomic E-state index is -0.958. The highest BCUT2D eigenvalue weighted by Crippen LogP contribution is 2.28. The zero-order valence-corrected chi connectivity index (χ0v) is 13.7. The van der Waals surface area contributed by atoms with Crippen LogP contribution in [-0.4, -0.2) is 41.1 Å². The van der Waals surface area contributed by atoms with Crippen LogP contribution >= 0.6 is 31.9 Å². The van der Waals surface area contributed by atoms with Crippen molar-refractivity contribution in [1.82, 2.24) is 4.90 Å². The average Bonchev–Trinajstić information content (AvgIpc) is 2.86. The first-order chi connectivity index (χ1) is 9.49. The third kappa shape index (κ3) is 3.52. The fourth-order valence-corrected chi connectivity index (χ4v) is 3.30. The van der Waals surface area contributed by atoms with E-state index in [2.05, 4.69) is 31.9 Å². The Labute approximate surface area is 133 Å². The van der Waals surface area contributed by atoms with Crippen LogP contribution in [-0.2, 0) is 9.59 Å². The topological polar surface area (TPSA) is 66.8 Å². The average molecular weight is 407 g/mol. The molecule has 2 rings (SSSR count). The lowest BCUT2D eigenvalue weighted by Crippen LogP contribution is -2.42. The number of rotatable bonds is 4. The molecule has 1 atom stereocenters. The number of carboxylic acids is 1. The lowest BCUT2D eigenvalue weighted by Gasteiger charge is -2.21. The number of nitrogens with zero attached hydrogens (tertiary/aromatic N) is 1. The Morgan fingerprint density at radius 2 is 2.15 bits per heavy atom. The molecule has 1 aromatic rings. The molecule has 108 valence electrons. The van der Waals surface area contributed by atoms with Gasteiger partial charge in [-0.2, -0.15) is 0 Å². The highest BCUT2D eigenvalue weighted by molar-refractivity contribution is 9.11. The van der Waals surface area contributed by atoms with Crippen molar-refractivity contribution in [2.75, 3.05) is 13.2 Å². The molecular weight excluding hydrogens is 394 g/mol. The van der Waals surface area contributed by atoms with Crippen molar-refractivity contribution in [2.24, 2.45) is 0 Å². The highest BCUT2D eigenvalue weighted by Gasteiger charge is 2.33. The van der Waals surface area contributed by atoms with Gasteiger partial charge in [0.25, 0.3) is 5.91 Å². The predicted octanol–water partition coefficient (Wildman–Crippen LogP) is 2.67. The SMILES string of the molecule is O=C(O)C1CCCN1C(=O)COc1ccc(Br)cc1Br. The Kier molecular flexibility index (Phi) is 5.04. The maximum absolute atomic E-state index is 12.0. The molecule has 0 aliphatic carbocycles. The lowest BCUT2D eigenvalue weighted by atomic mass is 10.2. The van der Waals surface area contributed by atoms with Gasteiger partial charge in [-0.1, -0.05) is 15.9 Å². The zero-order chi connectivity index (χ0) is 14.7. The standard InChI is InChI=1S/C13H13Br2NO4/c14-8-3-4-11(9(15)6-8)20-7-12(17)16-5-1-2-10(16)13(18)19/h3-4,6,10H,1-2,5,7H2,(H,18,19). The predicted molar refractivity (Wildman–Crippen MR) is 79.7 cm³/mol. The van der Waals surface area contributed by atoms with Crippen LogP contribution in [0.3, 0.4) is 0 Å². The van der Waals surface area contributed by atoms with Gasteiger partial charge in [-0.15, -0.1) is 0 Å². The fourth-order valence-electron chi connectivity index (χ4n) is 2.14. The number of amides is 1. The molecule has 1 unspecified atom stereocenters. The summed E-state index contributed by atoms with van der Waals surface area (Å²) < 4.78 is 7.07. The Balaban J connectivity index is 1.96. The molecule has 1 aromatic carbocycles. The Morgan fingerprint density at radius 3 is 2.80 bits per heavy atom. The van der Waals surface area contributed by atoms with Crippen molar-refractivity contribution < 1.29 is 19.4 Å². The third-order valence-electron chi connectivity index (χ3n) is 3.10. The van der Waals surface area contributed by atoms with E-state index in [0.717, 1.165) is 8.95 Å². The summed E-state index contributed by atoms with van der Waals surface area (Å²) >= 11 is 6.67. The van der Waals surface area contributed by atoms with Crippen molar-refractivity contribution in [3.05, 3.63) is 27.1 Å². The quantitative estimate of drug-likeness (QED) is 0.834. The molecular formula is C13H13Br2NO4. The number of hydrogen-bond donors (Lipinski definition) is 1. The smallest absolute Gasteiger partial charge is 0.326 e. The highest BCUT2D eigenvalue weighted by atomic mass is 79.9. The second-order valence-electron chi connectivity index (χ2n) is 4.45. The summed E-state index contributed by atoms with van der Waals surface area (Å²) in [5.41, 5.74) is 0. The van der Waals surface area contributed by atoms with Crippen LogP contribution in [0.1, 0.15) is 12.8 Å². The van der Waals surface area contributed by atoms with Gasteiger partial charge in [-0.05, 0) is 47.0 Å². The molecule has 5 nitrogen and oxygen atoms in total. The molecule has 1 amide bonds. The van der Waals surface area contributed by atoms with Gasteiger partial charge in [0.2, 0.25) is 0 Å². The van der Waals surface area contributed by atoms with Crippen LogP contribution in [0.15, 0.2) is 27.1 Å². The first kappa shape index (κ1) is 15.3. The van der Waals surface area contributed by atoms with Gasteiger partial charge in [0, 0.05) is 11.0 Å². The summed E-state index contributed by atoms with van der Waals surface area (Å²) in [6.07, 6.45) is 1.22. The summed E-state index contributed by atoms with van der Waals surface area (Å²) in [4.78, 5) is 24.4. The van der Waals surface area contributed by atoms with E-state index in [4.69, 9.17) is 9.84 Å². The lowest BCUT2D eigenvalue weighted by molar-refractivity contribution is -0.148. The minimum absolute atomic E-state index is 0.163. The van der Waals surface area contributed by atoms with E-state index in [9.17, 15) is 9.59 Å². The first-order valence-corrected chi connectivity index (χ1v) is 7.68. The molecule has 1 aliphatic heterocycles. The summed E-state index contributed by atoms with van der Waals surface area (Å²) in [7, 11) is 0. The van der Waals surface area contributed by atoms with Crippen molar-refractivity contribution in [1.29, 1.82) is 0 Å². The Hall–Kier alpha value is -1.08. The number of ether oxygens (including phenoxy) is 1. The Morgan fingerprint density at radius 1 is 1.40 bits per heavy atom. The first-order valence-electron chi connectivity index (χ1n) is 6.09. The minimum Gasteiger partial charge on any atom is -0.483 e. The van der Waals surface area contributed by atoms with E-state index >= 15 is 0 Å². The van der Waals surface area contributed by atoms with E-state index in [0.29, 0.717) is 25.1 Å². The molecule has 0 saturated carbocycles. The monoisotopic (exact) mass is 405 g/mol. The molecule has 0 aromatic heterocycles. The van der Waals surface area contributed by atoms with Gasteiger partial charge in [0.05, 0.1) is 4.47 Å². The van der Waals surface area contributed by atoms with Gasteiger partial charge < -0.3 is 14.7 Å². The summed E-state index contributed by atoms with van der Waals surface area (Å²) in [6, 6.07) is 4.63. The number of likely N-dealkylation sites (tertiary alicyclic amines) is 1. The van der Waals surface area contributed by atoms with Crippen molar-refractivity contribution >= 4 is 43.7 Å². The van der Waals surface area contributed by atoms with Crippen molar-refractivity contribution in [2.45, 2.75) is 18.9 Å². The van der Waals surface area contributed by atoms with E-state index in [1.807, 2.05) is 6.07 Å². The summed E-state index contributed by atoms with van der Waals surface area (Å²) in [6.45, 7) is 0.310. The summed E-state index contributed by atoms with van der Waals surface area (Å²) in [5.74, 6) is -0.710. The Bertz CT molecular complexity index is 535. The molecule has 7 heteroatoms. The van der Waals surface area contributed by atoms with E-state index in [-0.39, 0.29) is 12.5 Å². The molecule has 1 N–H and O–H groups in total. The van der Waals surface area contributed by atoms with E-state index < -0.39 is 12.0 Å². The second-order valence-corrected chi connectivity index (χ2v) is 6.22. The van der Waals surface area contributed by atoms with Crippen LogP contribution in [0.4, 0.5) is 0 Å². The van der Waals surface area contributed by atoms with Crippen LogP contribution < -0.4 is 4.74 Å². The number of hydrogen-bond acceptors (Lipinski definition) is 3. The van der Waals surface area contributed by atoms with E-state index in [1.54, 1.807) is 12.1 Å². The largest absolute Gasteiger partial charge is 0.483 e. The molecule has 20 heavy (non-hydrogen) atoms. The van der Waals surface area contributed by atoms with Gasteiger partial charge in [0.15, 0.2) is 6.61 Å². The number of carbonyl (C=O) groups is 2. The molecule has 0 spiro atoms. The zero-order valence-electron chi connectivity index (χ0n) is 10.5. The molecule has 1 aliphatic rings.